The molecule has 0 aliphatic heterocycles. The highest BCUT2D eigenvalue weighted by Crippen LogP contribution is 2.21. The minimum Gasteiger partial charge on any atom is -0.385 e. The number of rotatable bonds is 8. The van der Waals surface area contributed by atoms with Crippen LogP contribution in [-0.4, -0.2) is 36.8 Å². The molecule has 1 rings (SSSR count). The second-order valence-corrected chi connectivity index (χ2v) is 5.48. The van der Waals surface area contributed by atoms with Crippen LogP contribution in [-0.2, 0) is 4.74 Å². The number of aryl methyl sites for hydroxylation is 1. The average molecular weight is 266 g/mol. The molecule has 0 amide bonds. The molecule has 19 heavy (non-hydrogen) atoms. The summed E-state index contributed by atoms with van der Waals surface area (Å²) in [7, 11) is 1.74. The largest absolute Gasteiger partial charge is 0.385 e. The third kappa shape index (κ3) is 5.87. The Kier molecular flexibility index (Phi) is 6.02. The van der Waals surface area contributed by atoms with Crippen LogP contribution in [0.4, 0.5) is 11.6 Å². The van der Waals surface area contributed by atoms with Crippen LogP contribution in [0.15, 0.2) is 6.07 Å². The molecule has 5 nitrogen and oxygen atoms in total. The van der Waals surface area contributed by atoms with Gasteiger partial charge in [0.05, 0.1) is 0 Å². The fourth-order valence-corrected chi connectivity index (χ4v) is 1.73. The molecular formula is C14H26N4O. The lowest BCUT2D eigenvalue weighted by Gasteiger charge is -2.25. The van der Waals surface area contributed by atoms with Crippen LogP contribution >= 0.6 is 0 Å². The molecule has 1 aromatic heterocycles. The quantitative estimate of drug-likeness (QED) is 0.757. The fourth-order valence-electron chi connectivity index (χ4n) is 1.73. The van der Waals surface area contributed by atoms with E-state index in [4.69, 9.17) is 4.74 Å². The van der Waals surface area contributed by atoms with E-state index in [1.54, 1.807) is 7.11 Å². The summed E-state index contributed by atoms with van der Waals surface area (Å²) < 4.78 is 5.14. The topological polar surface area (TPSA) is 59.1 Å². The number of hydrogen-bond acceptors (Lipinski definition) is 5. The molecule has 0 atom stereocenters. The number of hydrogen-bond donors (Lipinski definition) is 2. The SMILES string of the molecule is CCNc1cc(NCC(C)(C)CCOC)nc(C)n1. The summed E-state index contributed by atoms with van der Waals surface area (Å²) in [5, 5.41) is 6.60. The number of nitrogens with one attached hydrogen (secondary N) is 2. The summed E-state index contributed by atoms with van der Waals surface area (Å²) in [6, 6.07) is 1.95. The van der Waals surface area contributed by atoms with Gasteiger partial charge >= 0.3 is 0 Å². The molecule has 108 valence electrons. The van der Waals surface area contributed by atoms with Crippen molar-refractivity contribution < 1.29 is 4.74 Å². The van der Waals surface area contributed by atoms with Crippen molar-refractivity contribution in [3.05, 3.63) is 11.9 Å². The van der Waals surface area contributed by atoms with E-state index in [1.807, 2.05) is 13.0 Å². The molecule has 0 radical (unpaired) electrons. The summed E-state index contributed by atoms with van der Waals surface area (Å²) in [5.74, 6) is 2.51. The van der Waals surface area contributed by atoms with Gasteiger partial charge in [-0.3, -0.25) is 0 Å². The Morgan fingerprint density at radius 3 is 2.42 bits per heavy atom. The predicted molar refractivity (Wildman–Crippen MR) is 79.7 cm³/mol. The molecule has 0 aliphatic rings. The highest BCUT2D eigenvalue weighted by atomic mass is 16.5. The average Bonchev–Trinajstić information content (AvgIpc) is 2.34. The molecule has 0 unspecified atom stereocenters. The van der Waals surface area contributed by atoms with E-state index in [0.717, 1.165) is 43.6 Å². The van der Waals surface area contributed by atoms with Crippen molar-refractivity contribution in [2.75, 3.05) is 37.4 Å². The molecule has 1 aromatic rings. The molecule has 0 fully saturated rings. The fraction of sp³-hybridized carbons (Fsp3) is 0.714. The van der Waals surface area contributed by atoms with Crippen molar-refractivity contribution in [2.24, 2.45) is 5.41 Å². The van der Waals surface area contributed by atoms with Crippen LogP contribution in [0, 0.1) is 12.3 Å². The Hall–Kier alpha value is -1.36. The van der Waals surface area contributed by atoms with Crippen molar-refractivity contribution in [1.29, 1.82) is 0 Å². The van der Waals surface area contributed by atoms with Crippen molar-refractivity contribution in [3.8, 4) is 0 Å². The van der Waals surface area contributed by atoms with E-state index in [-0.39, 0.29) is 5.41 Å². The Labute approximate surface area is 116 Å². The lowest BCUT2D eigenvalue weighted by molar-refractivity contribution is 0.157. The maximum atomic E-state index is 5.14. The molecule has 0 aromatic carbocycles. The van der Waals surface area contributed by atoms with Gasteiger partial charge in [0.15, 0.2) is 0 Å². The van der Waals surface area contributed by atoms with Gasteiger partial charge in [0.2, 0.25) is 0 Å². The molecule has 5 heteroatoms. The molecule has 0 spiro atoms. The highest BCUT2D eigenvalue weighted by Gasteiger charge is 2.17. The molecule has 0 aliphatic carbocycles. The Balaban J connectivity index is 2.61. The van der Waals surface area contributed by atoms with Crippen LogP contribution in [0.1, 0.15) is 33.0 Å². The third-order valence-electron chi connectivity index (χ3n) is 2.93. The van der Waals surface area contributed by atoms with Crippen molar-refractivity contribution in [2.45, 2.75) is 34.1 Å². The van der Waals surface area contributed by atoms with Crippen molar-refractivity contribution in [1.82, 2.24) is 9.97 Å². The normalized spacial score (nSPS) is 11.4. The molecule has 0 saturated carbocycles. The van der Waals surface area contributed by atoms with E-state index in [1.165, 1.54) is 0 Å². The van der Waals surface area contributed by atoms with Gasteiger partial charge in [0.1, 0.15) is 17.5 Å². The maximum absolute atomic E-state index is 5.14. The van der Waals surface area contributed by atoms with Gasteiger partial charge in [-0.1, -0.05) is 13.8 Å². The predicted octanol–water partition coefficient (Wildman–Crippen LogP) is 2.69. The van der Waals surface area contributed by atoms with E-state index < -0.39 is 0 Å². The number of ether oxygens (including phenoxy) is 1. The zero-order chi connectivity index (χ0) is 14.3. The zero-order valence-electron chi connectivity index (χ0n) is 12.7. The van der Waals surface area contributed by atoms with Gasteiger partial charge in [-0.15, -0.1) is 0 Å². The first-order chi connectivity index (χ1) is 8.96. The van der Waals surface area contributed by atoms with Crippen molar-refractivity contribution >= 4 is 11.6 Å². The van der Waals surface area contributed by atoms with Crippen LogP contribution < -0.4 is 10.6 Å². The number of anilines is 2. The smallest absolute Gasteiger partial charge is 0.131 e. The molecule has 0 saturated heterocycles. The number of aromatic nitrogens is 2. The second-order valence-electron chi connectivity index (χ2n) is 5.48. The first-order valence-corrected chi connectivity index (χ1v) is 6.79. The van der Waals surface area contributed by atoms with E-state index in [2.05, 4.69) is 41.4 Å². The van der Waals surface area contributed by atoms with Crippen LogP contribution in [0.25, 0.3) is 0 Å². The molecule has 1 heterocycles. The molecule has 2 N–H and O–H groups in total. The van der Waals surface area contributed by atoms with Gasteiger partial charge in [-0.05, 0) is 25.7 Å². The molecule has 0 bridgehead atoms. The molecular weight excluding hydrogens is 240 g/mol. The number of nitrogens with zero attached hydrogens (tertiary/aromatic N) is 2. The first kappa shape index (κ1) is 15.7. The van der Waals surface area contributed by atoms with Crippen LogP contribution in [0.2, 0.25) is 0 Å². The van der Waals surface area contributed by atoms with E-state index in [0.29, 0.717) is 0 Å². The maximum Gasteiger partial charge on any atom is 0.131 e. The van der Waals surface area contributed by atoms with Crippen LogP contribution in [0.5, 0.6) is 0 Å². The Morgan fingerprint density at radius 1 is 1.21 bits per heavy atom. The summed E-state index contributed by atoms with van der Waals surface area (Å²) in [5.41, 5.74) is 0.174. The summed E-state index contributed by atoms with van der Waals surface area (Å²) >= 11 is 0. The minimum atomic E-state index is 0.174. The van der Waals surface area contributed by atoms with E-state index >= 15 is 0 Å². The number of methoxy groups -OCH3 is 1. The highest BCUT2D eigenvalue weighted by molar-refractivity contribution is 5.47. The zero-order valence-corrected chi connectivity index (χ0v) is 12.7. The van der Waals surface area contributed by atoms with Gasteiger partial charge < -0.3 is 15.4 Å². The lowest BCUT2D eigenvalue weighted by Crippen LogP contribution is -2.25. The standard InChI is InChI=1S/C14H26N4O/c1-6-15-12-9-13(18-11(2)17-12)16-10-14(3,4)7-8-19-5/h9H,6-8,10H2,1-5H3,(H2,15,16,17,18). The first-order valence-electron chi connectivity index (χ1n) is 6.79. The second kappa shape index (κ2) is 7.28. The lowest BCUT2D eigenvalue weighted by atomic mass is 9.90. The Bertz CT molecular complexity index is 393. The van der Waals surface area contributed by atoms with Gasteiger partial charge in [-0.2, -0.15) is 0 Å². The van der Waals surface area contributed by atoms with Gasteiger partial charge in [0, 0.05) is 32.9 Å². The third-order valence-corrected chi connectivity index (χ3v) is 2.93. The Morgan fingerprint density at radius 2 is 1.84 bits per heavy atom. The minimum absolute atomic E-state index is 0.174. The van der Waals surface area contributed by atoms with Gasteiger partial charge in [0.25, 0.3) is 0 Å². The summed E-state index contributed by atoms with van der Waals surface area (Å²) in [6.45, 7) is 10.9. The van der Waals surface area contributed by atoms with Crippen LogP contribution in [0.3, 0.4) is 0 Å². The van der Waals surface area contributed by atoms with Crippen molar-refractivity contribution in [3.63, 3.8) is 0 Å². The monoisotopic (exact) mass is 266 g/mol. The van der Waals surface area contributed by atoms with Gasteiger partial charge in [-0.25, -0.2) is 9.97 Å². The summed E-state index contributed by atoms with van der Waals surface area (Å²) in [6.07, 6.45) is 1.01. The van der Waals surface area contributed by atoms with E-state index in [9.17, 15) is 0 Å². The summed E-state index contributed by atoms with van der Waals surface area (Å²) in [4.78, 5) is 8.74.